The van der Waals surface area contributed by atoms with Crippen LogP contribution in [0.3, 0.4) is 0 Å². The van der Waals surface area contributed by atoms with E-state index in [1.54, 1.807) is 19.4 Å². The molecule has 1 heterocycles. The van der Waals surface area contributed by atoms with Gasteiger partial charge in [-0.05, 0) is 48.8 Å². The summed E-state index contributed by atoms with van der Waals surface area (Å²) in [5.74, 6) is 0.576. The van der Waals surface area contributed by atoms with Crippen molar-refractivity contribution in [2.24, 2.45) is 0 Å². The van der Waals surface area contributed by atoms with Gasteiger partial charge in [-0.1, -0.05) is 25.5 Å². The van der Waals surface area contributed by atoms with Crippen LogP contribution in [0, 0.1) is 0 Å². The van der Waals surface area contributed by atoms with Gasteiger partial charge in [0.15, 0.2) is 5.11 Å². The molecule has 0 aliphatic heterocycles. The Bertz CT molecular complexity index is 596. The molecule has 2 rings (SSSR count). The minimum absolute atomic E-state index is 0.535. The summed E-state index contributed by atoms with van der Waals surface area (Å²) in [6.45, 7) is 2.20. The summed E-state index contributed by atoms with van der Waals surface area (Å²) >= 11 is 5.30. The number of pyridine rings is 1. The summed E-state index contributed by atoms with van der Waals surface area (Å²) in [4.78, 5) is 4.13. The maximum absolute atomic E-state index is 5.30. The number of aryl methyl sites for hydroxylation is 1. The standard InChI is InChI=1S/C17H21N3OS/c1-3-4-5-13-6-8-14(9-7-13)19-17(22)20-15-10-11-16(21-2)18-12-15/h6-12H,3-5H2,1-2H3,(H2,19,20,22). The molecule has 0 spiro atoms. The highest BCUT2D eigenvalue weighted by atomic mass is 32.1. The monoisotopic (exact) mass is 315 g/mol. The van der Waals surface area contributed by atoms with Gasteiger partial charge in [-0.3, -0.25) is 0 Å². The first-order valence-corrected chi connectivity index (χ1v) is 7.79. The number of anilines is 2. The van der Waals surface area contributed by atoms with Crippen molar-refractivity contribution in [2.75, 3.05) is 17.7 Å². The number of ether oxygens (including phenoxy) is 1. The van der Waals surface area contributed by atoms with Crippen LogP contribution in [0.25, 0.3) is 0 Å². The number of thiocarbonyl (C=S) groups is 1. The molecular formula is C17H21N3OS. The number of unbranched alkanes of at least 4 members (excludes halogenated alkanes) is 1. The van der Waals surface area contributed by atoms with Crippen LogP contribution in [0.15, 0.2) is 42.6 Å². The molecule has 2 N–H and O–H groups in total. The van der Waals surface area contributed by atoms with Crippen molar-refractivity contribution < 1.29 is 4.74 Å². The third kappa shape index (κ3) is 5.00. The third-order valence-corrected chi connectivity index (χ3v) is 3.44. The highest BCUT2D eigenvalue weighted by Crippen LogP contribution is 2.14. The summed E-state index contributed by atoms with van der Waals surface area (Å²) in [6, 6.07) is 12.0. The molecule has 0 aliphatic rings. The molecule has 0 saturated carbocycles. The van der Waals surface area contributed by atoms with Crippen molar-refractivity contribution in [1.82, 2.24) is 4.98 Å². The second kappa shape index (κ2) is 8.34. The molecule has 116 valence electrons. The summed E-state index contributed by atoms with van der Waals surface area (Å²) in [6.07, 6.45) is 5.23. The fourth-order valence-electron chi connectivity index (χ4n) is 2.00. The first-order chi connectivity index (χ1) is 10.7. The Labute approximate surface area is 136 Å². The number of nitrogens with zero attached hydrogens (tertiary/aromatic N) is 1. The van der Waals surface area contributed by atoms with Gasteiger partial charge in [-0.25, -0.2) is 4.98 Å². The zero-order chi connectivity index (χ0) is 15.8. The van der Waals surface area contributed by atoms with Crippen molar-refractivity contribution in [3.05, 3.63) is 48.2 Å². The first kappa shape index (κ1) is 16.2. The molecule has 0 unspecified atom stereocenters. The number of hydrogen-bond donors (Lipinski definition) is 2. The van der Waals surface area contributed by atoms with Crippen LogP contribution in [0.1, 0.15) is 25.3 Å². The Morgan fingerprint density at radius 1 is 1.09 bits per heavy atom. The Kier molecular flexibility index (Phi) is 6.15. The van der Waals surface area contributed by atoms with Crippen LogP contribution in [0.5, 0.6) is 5.88 Å². The van der Waals surface area contributed by atoms with Gasteiger partial charge in [0.25, 0.3) is 0 Å². The molecule has 0 fully saturated rings. The second-order valence-electron chi connectivity index (χ2n) is 4.97. The lowest BCUT2D eigenvalue weighted by molar-refractivity contribution is 0.398. The van der Waals surface area contributed by atoms with E-state index in [0.29, 0.717) is 11.0 Å². The van der Waals surface area contributed by atoms with E-state index in [0.717, 1.165) is 17.8 Å². The second-order valence-corrected chi connectivity index (χ2v) is 5.38. The lowest BCUT2D eigenvalue weighted by atomic mass is 10.1. The molecule has 0 bridgehead atoms. The van der Waals surface area contributed by atoms with Crippen LogP contribution in [-0.2, 0) is 6.42 Å². The predicted octanol–water partition coefficient (Wildman–Crippen LogP) is 4.24. The van der Waals surface area contributed by atoms with E-state index < -0.39 is 0 Å². The summed E-state index contributed by atoms with van der Waals surface area (Å²) in [5.41, 5.74) is 3.14. The van der Waals surface area contributed by atoms with E-state index in [9.17, 15) is 0 Å². The fraction of sp³-hybridized carbons (Fsp3) is 0.294. The lowest BCUT2D eigenvalue weighted by Gasteiger charge is -2.11. The predicted molar refractivity (Wildman–Crippen MR) is 95.7 cm³/mol. The average molecular weight is 315 g/mol. The number of methoxy groups -OCH3 is 1. The van der Waals surface area contributed by atoms with E-state index >= 15 is 0 Å². The maximum atomic E-state index is 5.30. The minimum atomic E-state index is 0.535. The van der Waals surface area contributed by atoms with Gasteiger partial charge >= 0.3 is 0 Å². The summed E-state index contributed by atoms with van der Waals surface area (Å²) < 4.78 is 5.02. The van der Waals surface area contributed by atoms with E-state index in [-0.39, 0.29) is 0 Å². The largest absolute Gasteiger partial charge is 0.481 e. The first-order valence-electron chi connectivity index (χ1n) is 7.38. The molecule has 2 aromatic rings. The molecular weight excluding hydrogens is 294 g/mol. The van der Waals surface area contributed by atoms with Gasteiger partial charge in [-0.2, -0.15) is 0 Å². The van der Waals surface area contributed by atoms with Crippen molar-refractivity contribution >= 4 is 28.7 Å². The van der Waals surface area contributed by atoms with E-state index in [1.807, 2.05) is 18.2 Å². The number of nitrogens with one attached hydrogen (secondary N) is 2. The van der Waals surface area contributed by atoms with E-state index in [1.165, 1.54) is 18.4 Å². The molecule has 0 amide bonds. The van der Waals surface area contributed by atoms with Crippen LogP contribution in [0.4, 0.5) is 11.4 Å². The smallest absolute Gasteiger partial charge is 0.213 e. The van der Waals surface area contributed by atoms with Crippen molar-refractivity contribution in [3.63, 3.8) is 0 Å². The Morgan fingerprint density at radius 3 is 2.36 bits per heavy atom. The highest BCUT2D eigenvalue weighted by molar-refractivity contribution is 7.80. The van der Waals surface area contributed by atoms with Gasteiger partial charge in [-0.15, -0.1) is 0 Å². The van der Waals surface area contributed by atoms with Gasteiger partial charge in [0.2, 0.25) is 5.88 Å². The molecule has 0 radical (unpaired) electrons. The molecule has 1 aromatic carbocycles. The normalized spacial score (nSPS) is 10.1. The topological polar surface area (TPSA) is 46.2 Å². The SMILES string of the molecule is CCCCc1ccc(NC(=S)Nc2ccc(OC)nc2)cc1. The molecule has 0 aliphatic carbocycles. The van der Waals surface area contributed by atoms with Gasteiger partial charge in [0, 0.05) is 11.8 Å². The zero-order valence-electron chi connectivity index (χ0n) is 12.9. The molecule has 0 atom stereocenters. The number of rotatable bonds is 6. The molecule has 5 heteroatoms. The maximum Gasteiger partial charge on any atom is 0.213 e. The average Bonchev–Trinajstić information content (AvgIpc) is 2.55. The highest BCUT2D eigenvalue weighted by Gasteiger charge is 2.01. The number of aromatic nitrogens is 1. The van der Waals surface area contributed by atoms with Crippen LogP contribution in [-0.4, -0.2) is 17.2 Å². The zero-order valence-corrected chi connectivity index (χ0v) is 13.7. The molecule has 0 saturated heterocycles. The fourth-order valence-corrected chi connectivity index (χ4v) is 2.24. The quantitative estimate of drug-likeness (QED) is 0.781. The van der Waals surface area contributed by atoms with Gasteiger partial charge < -0.3 is 15.4 Å². The lowest BCUT2D eigenvalue weighted by Crippen LogP contribution is -2.19. The van der Waals surface area contributed by atoms with Crippen LogP contribution < -0.4 is 15.4 Å². The van der Waals surface area contributed by atoms with Crippen molar-refractivity contribution in [1.29, 1.82) is 0 Å². The molecule has 4 nitrogen and oxygen atoms in total. The summed E-state index contributed by atoms with van der Waals surface area (Å²) in [7, 11) is 1.59. The van der Waals surface area contributed by atoms with Crippen LogP contribution >= 0.6 is 12.2 Å². The molecule has 22 heavy (non-hydrogen) atoms. The number of benzene rings is 1. The third-order valence-electron chi connectivity index (χ3n) is 3.23. The number of hydrogen-bond acceptors (Lipinski definition) is 3. The summed E-state index contributed by atoms with van der Waals surface area (Å²) in [5, 5.41) is 6.79. The van der Waals surface area contributed by atoms with Gasteiger partial charge in [0.05, 0.1) is 19.0 Å². The van der Waals surface area contributed by atoms with Crippen LogP contribution in [0.2, 0.25) is 0 Å². The van der Waals surface area contributed by atoms with Crippen molar-refractivity contribution in [3.8, 4) is 5.88 Å². The Balaban J connectivity index is 1.88. The van der Waals surface area contributed by atoms with Gasteiger partial charge in [0.1, 0.15) is 0 Å². The van der Waals surface area contributed by atoms with E-state index in [4.69, 9.17) is 17.0 Å². The van der Waals surface area contributed by atoms with Crippen molar-refractivity contribution in [2.45, 2.75) is 26.2 Å². The Morgan fingerprint density at radius 2 is 1.77 bits per heavy atom. The minimum Gasteiger partial charge on any atom is -0.481 e. The Hall–Kier alpha value is -2.14. The van der Waals surface area contributed by atoms with E-state index in [2.05, 4.69) is 34.7 Å². The molecule has 1 aromatic heterocycles.